The molecule has 2 aromatic carbocycles. The number of nitrogens with zero attached hydrogens (tertiary/aromatic N) is 1. The normalized spacial score (nSPS) is 16.2. The van der Waals surface area contributed by atoms with Gasteiger partial charge in [-0.05, 0) is 31.2 Å². The minimum atomic E-state index is 0.321. The lowest BCUT2D eigenvalue weighted by Crippen LogP contribution is -3.15. The molecule has 0 radical (unpaired) electrons. The molecule has 4 aromatic rings. The van der Waals surface area contributed by atoms with Crippen LogP contribution < -0.4 is 14.8 Å². The third-order valence-electron chi connectivity index (χ3n) is 6.23. The molecule has 1 aliphatic heterocycles. The second-order valence-electron chi connectivity index (χ2n) is 7.96. The predicted molar refractivity (Wildman–Crippen MR) is 117 cm³/mol. The van der Waals surface area contributed by atoms with Crippen LogP contribution in [0, 0.1) is 6.92 Å². The van der Waals surface area contributed by atoms with Crippen LogP contribution in [0.4, 0.5) is 5.69 Å². The molecule has 3 N–H and O–H groups in total. The Balaban J connectivity index is 1.50. The number of benzene rings is 2. The van der Waals surface area contributed by atoms with Gasteiger partial charge in [0.25, 0.3) is 0 Å². The number of quaternary nitrogens is 1. The third-order valence-corrected chi connectivity index (χ3v) is 6.23. The average Bonchev–Trinajstić information content (AvgIpc) is 3.12. The van der Waals surface area contributed by atoms with Crippen LogP contribution in [-0.4, -0.2) is 31.2 Å². The summed E-state index contributed by atoms with van der Waals surface area (Å²) >= 11 is 0. The zero-order valence-electron chi connectivity index (χ0n) is 16.9. The number of anilines is 1. The lowest BCUT2D eigenvalue weighted by molar-refractivity contribution is -0.926. The quantitative estimate of drug-likeness (QED) is 0.558. The van der Waals surface area contributed by atoms with Crippen LogP contribution in [0.15, 0.2) is 79.1 Å². The first kappa shape index (κ1) is 18.0. The Labute approximate surface area is 171 Å². The van der Waals surface area contributed by atoms with E-state index in [0.717, 1.165) is 26.2 Å². The van der Waals surface area contributed by atoms with Gasteiger partial charge in [0.2, 0.25) is 0 Å². The van der Waals surface area contributed by atoms with E-state index >= 15 is 0 Å². The predicted octanol–water partition coefficient (Wildman–Crippen LogP) is 2.78. The molecule has 0 spiro atoms. The van der Waals surface area contributed by atoms with Crippen molar-refractivity contribution in [1.29, 1.82) is 0 Å². The molecule has 29 heavy (non-hydrogen) atoms. The number of pyridine rings is 1. The van der Waals surface area contributed by atoms with Crippen molar-refractivity contribution in [3.05, 3.63) is 95.9 Å². The summed E-state index contributed by atoms with van der Waals surface area (Å²) in [5, 5.41) is 1.34. The number of H-pyrrole nitrogens is 2. The highest BCUT2D eigenvalue weighted by Gasteiger charge is 2.34. The van der Waals surface area contributed by atoms with Crippen molar-refractivity contribution in [2.75, 3.05) is 31.1 Å². The Morgan fingerprint density at radius 1 is 0.931 bits per heavy atom. The Morgan fingerprint density at radius 2 is 1.69 bits per heavy atom. The van der Waals surface area contributed by atoms with E-state index < -0.39 is 0 Å². The van der Waals surface area contributed by atoms with Crippen molar-refractivity contribution in [3.63, 3.8) is 0 Å². The van der Waals surface area contributed by atoms with Gasteiger partial charge in [0.15, 0.2) is 12.4 Å². The topological polar surface area (TPSA) is 37.6 Å². The van der Waals surface area contributed by atoms with Gasteiger partial charge in [-0.2, -0.15) is 0 Å². The molecule has 1 aliphatic rings. The maximum Gasteiger partial charge on any atom is 0.176 e. The Morgan fingerprint density at radius 3 is 2.45 bits per heavy atom. The highest BCUT2D eigenvalue weighted by atomic mass is 15.3. The largest absolute Gasteiger partial charge is 0.360 e. The van der Waals surface area contributed by atoms with Crippen LogP contribution in [0.2, 0.25) is 0 Å². The second-order valence-corrected chi connectivity index (χ2v) is 7.96. The van der Waals surface area contributed by atoms with Crippen molar-refractivity contribution < 1.29 is 9.88 Å². The summed E-state index contributed by atoms with van der Waals surface area (Å²) in [5.74, 6) is 0. The highest BCUT2D eigenvalue weighted by molar-refractivity contribution is 5.85. The summed E-state index contributed by atoms with van der Waals surface area (Å²) in [5.41, 5.74) is 6.62. The number of aromatic amines is 2. The van der Waals surface area contributed by atoms with Gasteiger partial charge in [-0.1, -0.05) is 36.4 Å². The third kappa shape index (κ3) is 3.40. The van der Waals surface area contributed by atoms with E-state index in [4.69, 9.17) is 0 Å². The number of hydrogen-bond donors (Lipinski definition) is 2. The van der Waals surface area contributed by atoms with Crippen LogP contribution in [0.25, 0.3) is 10.9 Å². The molecule has 0 saturated carbocycles. The van der Waals surface area contributed by atoms with Gasteiger partial charge in [0.05, 0.1) is 31.7 Å². The van der Waals surface area contributed by atoms with Crippen molar-refractivity contribution in [2.45, 2.75) is 13.0 Å². The van der Waals surface area contributed by atoms with Crippen molar-refractivity contribution >= 4 is 16.6 Å². The molecule has 0 bridgehead atoms. The van der Waals surface area contributed by atoms with E-state index in [0.29, 0.717) is 6.04 Å². The number of nitrogens with one attached hydrogen (secondary N) is 3. The molecule has 2 aromatic heterocycles. The summed E-state index contributed by atoms with van der Waals surface area (Å²) < 4.78 is 0. The van der Waals surface area contributed by atoms with Crippen molar-refractivity contribution in [1.82, 2.24) is 4.98 Å². The molecule has 5 rings (SSSR count). The van der Waals surface area contributed by atoms with Crippen molar-refractivity contribution in [3.8, 4) is 0 Å². The summed E-state index contributed by atoms with van der Waals surface area (Å²) in [6, 6.07) is 24.2. The number of piperazine rings is 1. The number of aromatic nitrogens is 2. The van der Waals surface area contributed by atoms with Crippen molar-refractivity contribution in [2.24, 2.45) is 0 Å². The van der Waals surface area contributed by atoms with Gasteiger partial charge in [0, 0.05) is 33.9 Å². The summed E-state index contributed by atoms with van der Waals surface area (Å²) in [6.45, 7) is 6.61. The van der Waals surface area contributed by atoms with E-state index in [2.05, 4.69) is 94.7 Å². The Hall–Kier alpha value is -3.11. The van der Waals surface area contributed by atoms with Gasteiger partial charge in [0.1, 0.15) is 6.04 Å². The Kier molecular flexibility index (Phi) is 4.78. The standard InChI is InChI=1S/C25H26N4/c1-19-24(22-11-5-6-12-23(22)27-19)25(20-8-7-13-26-18-20)29-16-14-28(15-17-29)21-9-3-2-4-10-21/h2-13,18,25,27H,14-17H2,1H3/p+2. The highest BCUT2D eigenvalue weighted by Crippen LogP contribution is 2.30. The summed E-state index contributed by atoms with van der Waals surface area (Å²) in [7, 11) is 0. The minimum absolute atomic E-state index is 0.321. The van der Waals surface area contributed by atoms with E-state index in [1.165, 1.54) is 33.4 Å². The van der Waals surface area contributed by atoms with E-state index in [9.17, 15) is 0 Å². The first-order valence-corrected chi connectivity index (χ1v) is 10.5. The number of para-hydroxylation sites is 2. The maximum atomic E-state index is 3.62. The van der Waals surface area contributed by atoms with E-state index in [1.807, 2.05) is 6.20 Å². The molecular formula is C25H28N4+2. The first-order chi connectivity index (χ1) is 14.3. The fourth-order valence-corrected chi connectivity index (χ4v) is 4.84. The molecule has 146 valence electrons. The molecular weight excluding hydrogens is 356 g/mol. The molecule has 4 heteroatoms. The van der Waals surface area contributed by atoms with Gasteiger partial charge in [-0.3, -0.25) is 0 Å². The van der Waals surface area contributed by atoms with Crippen LogP contribution in [-0.2, 0) is 0 Å². The Bertz CT molecular complexity index is 1080. The van der Waals surface area contributed by atoms with Gasteiger partial charge in [-0.15, -0.1) is 0 Å². The minimum Gasteiger partial charge on any atom is -0.360 e. The molecule has 1 fully saturated rings. The number of aryl methyl sites for hydroxylation is 1. The number of fused-ring (bicyclic) bond motifs is 1. The van der Waals surface area contributed by atoms with Crippen LogP contribution in [0.1, 0.15) is 22.9 Å². The zero-order chi connectivity index (χ0) is 19.6. The monoisotopic (exact) mass is 384 g/mol. The smallest absolute Gasteiger partial charge is 0.176 e. The lowest BCUT2D eigenvalue weighted by Gasteiger charge is -2.37. The maximum absolute atomic E-state index is 3.62. The lowest BCUT2D eigenvalue weighted by atomic mass is 9.95. The molecule has 1 saturated heterocycles. The fourth-order valence-electron chi connectivity index (χ4n) is 4.84. The van der Waals surface area contributed by atoms with Crippen LogP contribution >= 0.6 is 0 Å². The molecule has 0 amide bonds. The SMILES string of the molecule is Cc1[nH]c2ccccc2c1C(c1ccc[nH+]c1)[NH+]1CCN(c2ccccc2)CC1. The molecule has 0 aliphatic carbocycles. The van der Waals surface area contributed by atoms with Gasteiger partial charge >= 0.3 is 0 Å². The summed E-state index contributed by atoms with van der Waals surface area (Å²) in [6.07, 6.45) is 4.16. The zero-order valence-corrected chi connectivity index (χ0v) is 16.9. The molecule has 3 heterocycles. The number of hydrogen-bond acceptors (Lipinski definition) is 1. The number of rotatable bonds is 4. The fraction of sp³-hybridized carbons (Fsp3) is 0.240. The molecule has 4 nitrogen and oxygen atoms in total. The second kappa shape index (κ2) is 7.72. The average molecular weight is 385 g/mol. The van der Waals surface area contributed by atoms with Crippen LogP contribution in [0.3, 0.4) is 0 Å². The van der Waals surface area contributed by atoms with E-state index in [1.54, 1.807) is 4.90 Å². The van der Waals surface area contributed by atoms with Gasteiger partial charge < -0.3 is 14.8 Å². The molecule has 1 unspecified atom stereocenters. The van der Waals surface area contributed by atoms with Gasteiger partial charge in [-0.25, -0.2) is 4.98 Å². The van der Waals surface area contributed by atoms with Crippen LogP contribution in [0.5, 0.6) is 0 Å². The first-order valence-electron chi connectivity index (χ1n) is 10.5. The molecule has 1 atom stereocenters. The summed E-state index contributed by atoms with van der Waals surface area (Å²) in [4.78, 5) is 11.1. The van der Waals surface area contributed by atoms with E-state index in [-0.39, 0.29) is 0 Å².